The standard InChI is InChI=1S/C35H59NO13/c1-19-16-23(14-15-37)31(32(44-8)25(39)17-26(40)45-20(2)12-10-9-11-13-24(19)38)49-34-29(41)28(36(6)7)30(21(3)47-34)48-27-18-35(5,43)33(42)22(4)46-27/h9-11,13,15,19-25,27-34,38-39,41-43H,12,14,16-18H2,1-8H3/b10-9+,13-11+/t19-,20-,21-,22+,23-,24+,25-,27+,28-,29-,30-,31+,32+,33+,34?,35-/m1/s1. The molecule has 0 spiro atoms. The second-order valence-corrected chi connectivity index (χ2v) is 14.3. The van der Waals surface area contributed by atoms with Crippen LogP contribution in [-0.4, -0.2) is 149 Å². The van der Waals surface area contributed by atoms with Crippen molar-refractivity contribution in [2.75, 3.05) is 21.2 Å². The highest BCUT2D eigenvalue weighted by Gasteiger charge is 2.51. The lowest BCUT2D eigenvalue weighted by Gasteiger charge is -2.50. The van der Waals surface area contributed by atoms with Gasteiger partial charge in [0.1, 0.15) is 36.8 Å². The van der Waals surface area contributed by atoms with E-state index >= 15 is 0 Å². The molecule has 0 aromatic heterocycles. The monoisotopic (exact) mass is 701 g/mol. The molecule has 0 radical (unpaired) electrons. The average molecular weight is 702 g/mol. The minimum Gasteiger partial charge on any atom is -0.462 e. The van der Waals surface area contributed by atoms with Crippen LogP contribution in [0.5, 0.6) is 0 Å². The molecule has 282 valence electrons. The molecule has 16 atom stereocenters. The van der Waals surface area contributed by atoms with Gasteiger partial charge in [0.15, 0.2) is 12.6 Å². The molecule has 49 heavy (non-hydrogen) atoms. The molecule has 3 aliphatic heterocycles. The van der Waals surface area contributed by atoms with Gasteiger partial charge in [-0.25, -0.2) is 0 Å². The zero-order chi connectivity index (χ0) is 36.6. The van der Waals surface area contributed by atoms with Crippen LogP contribution >= 0.6 is 0 Å². The Hall–Kier alpha value is -1.82. The number of nitrogens with zero attached hydrogens (tertiary/aromatic N) is 1. The summed E-state index contributed by atoms with van der Waals surface area (Å²) in [6.07, 6.45) is -4.00. The lowest BCUT2D eigenvalue weighted by atomic mass is 9.82. The van der Waals surface area contributed by atoms with Crippen molar-refractivity contribution in [2.45, 2.75) is 152 Å². The topological polar surface area (TPSA) is 194 Å². The van der Waals surface area contributed by atoms with E-state index in [1.807, 2.05) is 13.0 Å². The molecule has 3 heterocycles. The molecular formula is C35H59NO13. The van der Waals surface area contributed by atoms with Crippen molar-refractivity contribution in [1.29, 1.82) is 0 Å². The number of aliphatic hydroxyl groups is 5. The Labute approximate surface area is 289 Å². The number of cyclic esters (lactones) is 1. The van der Waals surface area contributed by atoms with Crippen LogP contribution in [0.2, 0.25) is 0 Å². The van der Waals surface area contributed by atoms with Gasteiger partial charge in [0.05, 0.1) is 48.6 Å². The Kier molecular flexibility index (Phi) is 15.8. The summed E-state index contributed by atoms with van der Waals surface area (Å²) in [6, 6.07) is -0.721. The van der Waals surface area contributed by atoms with E-state index in [2.05, 4.69) is 0 Å². The van der Waals surface area contributed by atoms with Gasteiger partial charge in [-0.05, 0) is 60.0 Å². The van der Waals surface area contributed by atoms with E-state index in [1.165, 1.54) is 14.0 Å². The van der Waals surface area contributed by atoms with E-state index in [1.54, 1.807) is 58.0 Å². The quantitative estimate of drug-likeness (QED) is 0.177. The van der Waals surface area contributed by atoms with Crippen molar-refractivity contribution in [3.63, 3.8) is 0 Å². The maximum absolute atomic E-state index is 12.8. The smallest absolute Gasteiger partial charge is 0.308 e. The third-order valence-electron chi connectivity index (χ3n) is 9.83. The minimum atomic E-state index is -1.46. The molecule has 14 nitrogen and oxygen atoms in total. The van der Waals surface area contributed by atoms with Gasteiger partial charge < -0.3 is 63.6 Å². The Morgan fingerprint density at radius 1 is 1.00 bits per heavy atom. The predicted molar refractivity (Wildman–Crippen MR) is 177 cm³/mol. The SMILES string of the molecule is CO[C@@H]1[C@@H](OC2O[C@H](C)[C@@H](O[C@H]3C[C@@](C)(O)[C@@H](O)[C@H](C)O3)[C@H](N(C)C)[C@H]2O)[C@H](CC=O)C[C@@H](C)[C@@H](O)/C=C/C=C/C[C@@H](C)OC(=O)C[C@H]1O. The van der Waals surface area contributed by atoms with Crippen LogP contribution in [0.25, 0.3) is 0 Å². The number of carbonyl (C=O) groups excluding carboxylic acids is 2. The summed E-state index contributed by atoms with van der Waals surface area (Å²) in [5, 5.41) is 55.2. The normalized spacial score (nSPS) is 46.2. The van der Waals surface area contributed by atoms with Gasteiger partial charge in [-0.15, -0.1) is 0 Å². The van der Waals surface area contributed by atoms with Gasteiger partial charge in [-0.3, -0.25) is 4.79 Å². The van der Waals surface area contributed by atoms with E-state index in [9.17, 15) is 35.1 Å². The van der Waals surface area contributed by atoms with E-state index in [0.29, 0.717) is 6.42 Å². The van der Waals surface area contributed by atoms with Crippen molar-refractivity contribution in [3.8, 4) is 0 Å². The average Bonchev–Trinajstić information content (AvgIpc) is 3.00. The van der Waals surface area contributed by atoms with Crippen LogP contribution in [0, 0.1) is 11.8 Å². The van der Waals surface area contributed by atoms with Crippen molar-refractivity contribution in [1.82, 2.24) is 4.90 Å². The van der Waals surface area contributed by atoms with Crippen LogP contribution < -0.4 is 0 Å². The highest BCUT2D eigenvalue weighted by atomic mass is 16.7. The van der Waals surface area contributed by atoms with Gasteiger partial charge in [0, 0.05) is 26.4 Å². The Morgan fingerprint density at radius 2 is 1.69 bits per heavy atom. The van der Waals surface area contributed by atoms with Gasteiger partial charge in [-0.1, -0.05) is 31.2 Å². The molecule has 14 heteroatoms. The van der Waals surface area contributed by atoms with Crippen LogP contribution in [0.15, 0.2) is 24.3 Å². The first-order valence-corrected chi connectivity index (χ1v) is 17.2. The summed E-state index contributed by atoms with van der Waals surface area (Å²) < 4.78 is 36.1. The largest absolute Gasteiger partial charge is 0.462 e. The summed E-state index contributed by atoms with van der Waals surface area (Å²) in [6.45, 7) is 8.44. The first kappa shape index (κ1) is 41.6. The molecule has 2 fully saturated rings. The molecule has 0 amide bonds. The van der Waals surface area contributed by atoms with Crippen LogP contribution in [0.3, 0.4) is 0 Å². The third kappa shape index (κ3) is 11.1. The minimum absolute atomic E-state index is 0.0164. The molecule has 0 bridgehead atoms. The Morgan fingerprint density at radius 3 is 2.31 bits per heavy atom. The van der Waals surface area contributed by atoms with E-state index in [4.69, 9.17) is 28.4 Å². The number of methoxy groups -OCH3 is 1. The summed E-state index contributed by atoms with van der Waals surface area (Å²) in [5.74, 6) is -1.64. The number of ether oxygens (including phenoxy) is 6. The van der Waals surface area contributed by atoms with E-state index in [-0.39, 0.29) is 25.2 Å². The predicted octanol–water partition coefficient (Wildman–Crippen LogP) is 0.846. The molecule has 3 rings (SSSR count). The molecular weight excluding hydrogens is 642 g/mol. The molecule has 0 aliphatic carbocycles. The van der Waals surface area contributed by atoms with Gasteiger partial charge in [0.2, 0.25) is 0 Å². The summed E-state index contributed by atoms with van der Waals surface area (Å²) in [5.41, 5.74) is -1.46. The van der Waals surface area contributed by atoms with Crippen molar-refractivity contribution < 1.29 is 63.5 Å². The van der Waals surface area contributed by atoms with Crippen molar-refractivity contribution in [2.24, 2.45) is 11.8 Å². The van der Waals surface area contributed by atoms with Gasteiger partial charge >= 0.3 is 5.97 Å². The zero-order valence-electron chi connectivity index (χ0n) is 30.0. The number of hydrogen-bond donors (Lipinski definition) is 5. The zero-order valence-corrected chi connectivity index (χ0v) is 30.0. The number of rotatable bonds is 8. The fourth-order valence-electron chi connectivity index (χ4n) is 7.04. The van der Waals surface area contributed by atoms with Crippen molar-refractivity contribution >= 4 is 12.3 Å². The Bertz CT molecular complexity index is 1100. The summed E-state index contributed by atoms with van der Waals surface area (Å²) >= 11 is 0. The first-order chi connectivity index (χ1) is 23.0. The molecule has 0 saturated carbocycles. The Balaban J connectivity index is 1.94. The molecule has 0 aromatic rings. The highest BCUT2D eigenvalue weighted by Crippen LogP contribution is 2.36. The second kappa shape index (κ2) is 18.6. The second-order valence-electron chi connectivity index (χ2n) is 14.3. The lowest BCUT2D eigenvalue weighted by molar-refractivity contribution is -0.344. The summed E-state index contributed by atoms with van der Waals surface area (Å²) in [7, 11) is 4.86. The number of aliphatic hydroxyl groups excluding tert-OH is 4. The first-order valence-electron chi connectivity index (χ1n) is 17.2. The number of aldehydes is 1. The fourth-order valence-corrected chi connectivity index (χ4v) is 7.04. The number of esters is 1. The van der Waals surface area contributed by atoms with Crippen LogP contribution in [-0.2, 0) is 38.0 Å². The molecule has 3 aliphatic rings. The van der Waals surface area contributed by atoms with Crippen LogP contribution in [0.4, 0.5) is 0 Å². The van der Waals surface area contributed by atoms with Crippen molar-refractivity contribution in [3.05, 3.63) is 24.3 Å². The molecule has 5 N–H and O–H groups in total. The van der Waals surface area contributed by atoms with E-state index < -0.39 is 104 Å². The lowest BCUT2D eigenvalue weighted by Crippen LogP contribution is -2.65. The fraction of sp³-hybridized carbons (Fsp3) is 0.829. The van der Waals surface area contributed by atoms with Gasteiger partial charge in [0.25, 0.3) is 0 Å². The number of likely N-dealkylation sites (N-methyl/N-ethyl adjacent to an activating group) is 1. The van der Waals surface area contributed by atoms with Crippen LogP contribution in [0.1, 0.15) is 66.7 Å². The summed E-state index contributed by atoms with van der Waals surface area (Å²) in [4.78, 5) is 26.6. The molecule has 0 aromatic carbocycles. The maximum Gasteiger partial charge on any atom is 0.308 e. The number of carbonyl (C=O) groups is 2. The number of hydrogen-bond acceptors (Lipinski definition) is 14. The third-order valence-corrected chi connectivity index (χ3v) is 9.83. The van der Waals surface area contributed by atoms with E-state index in [0.717, 1.165) is 6.29 Å². The number of allylic oxidation sites excluding steroid dienone is 2. The van der Waals surface area contributed by atoms with Gasteiger partial charge in [-0.2, -0.15) is 0 Å². The molecule has 1 unspecified atom stereocenters. The highest BCUT2D eigenvalue weighted by molar-refractivity contribution is 5.70. The maximum atomic E-state index is 12.8. The molecule has 2 saturated heterocycles.